The summed E-state index contributed by atoms with van der Waals surface area (Å²) in [4.78, 5) is 5.36. The Morgan fingerprint density at radius 1 is 1.12 bits per heavy atom. The van der Waals surface area contributed by atoms with Crippen molar-refractivity contribution in [1.82, 2.24) is 20.5 Å². The van der Waals surface area contributed by atoms with Crippen LogP contribution in [0.15, 0.2) is 59.8 Å². The van der Waals surface area contributed by atoms with Gasteiger partial charge in [-0.2, -0.15) is 5.10 Å². The highest BCUT2D eigenvalue weighted by Crippen LogP contribution is 2.21. The van der Waals surface area contributed by atoms with Crippen LogP contribution in [-0.4, -0.2) is 20.9 Å². The zero-order valence-electron chi connectivity index (χ0n) is 14.0. The van der Waals surface area contributed by atoms with Crippen molar-refractivity contribution in [3.05, 3.63) is 66.1 Å². The highest BCUT2D eigenvalue weighted by atomic mass is 32.2. The molecule has 1 atom stereocenters. The van der Waals surface area contributed by atoms with Crippen LogP contribution in [0.3, 0.4) is 0 Å². The molecule has 0 fully saturated rings. The van der Waals surface area contributed by atoms with E-state index in [2.05, 4.69) is 64.7 Å². The zero-order chi connectivity index (χ0) is 16.8. The van der Waals surface area contributed by atoms with Crippen molar-refractivity contribution in [3.63, 3.8) is 0 Å². The molecule has 24 heavy (non-hydrogen) atoms. The number of thioether (sulfide) groups is 1. The van der Waals surface area contributed by atoms with Gasteiger partial charge in [0.2, 0.25) is 0 Å². The van der Waals surface area contributed by atoms with Gasteiger partial charge in [0.1, 0.15) is 0 Å². The summed E-state index contributed by atoms with van der Waals surface area (Å²) in [5, 5.41) is 11.0. The van der Waals surface area contributed by atoms with Crippen molar-refractivity contribution < 1.29 is 0 Å². The number of benzene rings is 1. The van der Waals surface area contributed by atoms with E-state index >= 15 is 0 Å². The van der Waals surface area contributed by atoms with Gasteiger partial charge in [0, 0.05) is 41.1 Å². The summed E-state index contributed by atoms with van der Waals surface area (Å²) in [6.45, 7) is 5.11. The molecule has 0 bridgehead atoms. The van der Waals surface area contributed by atoms with Crippen LogP contribution >= 0.6 is 11.8 Å². The van der Waals surface area contributed by atoms with Crippen LogP contribution in [0.1, 0.15) is 31.1 Å². The van der Waals surface area contributed by atoms with Gasteiger partial charge in [-0.15, -0.1) is 11.8 Å². The molecule has 5 heteroatoms. The maximum atomic E-state index is 4.37. The number of hydrogen-bond donors (Lipinski definition) is 2. The summed E-state index contributed by atoms with van der Waals surface area (Å²) >= 11 is 1.87. The van der Waals surface area contributed by atoms with E-state index < -0.39 is 0 Å². The molecule has 0 spiro atoms. The van der Waals surface area contributed by atoms with Gasteiger partial charge in [-0.3, -0.25) is 10.1 Å². The second-order valence-corrected chi connectivity index (χ2v) is 6.96. The van der Waals surface area contributed by atoms with Crippen LogP contribution in [0.2, 0.25) is 0 Å². The Morgan fingerprint density at radius 3 is 2.58 bits per heavy atom. The van der Waals surface area contributed by atoms with Crippen molar-refractivity contribution in [3.8, 4) is 11.3 Å². The van der Waals surface area contributed by atoms with Crippen molar-refractivity contribution in [1.29, 1.82) is 0 Å². The van der Waals surface area contributed by atoms with Crippen molar-refractivity contribution in [2.45, 2.75) is 31.3 Å². The number of rotatable bonds is 7. The quantitative estimate of drug-likeness (QED) is 0.626. The van der Waals surface area contributed by atoms with Gasteiger partial charge in [0.25, 0.3) is 0 Å². The van der Waals surface area contributed by atoms with Gasteiger partial charge < -0.3 is 5.32 Å². The number of aromatic amines is 1. The van der Waals surface area contributed by atoms with Crippen molar-refractivity contribution >= 4 is 11.8 Å². The molecule has 1 aromatic carbocycles. The fraction of sp³-hybridized carbons (Fsp3) is 0.263. The Labute approximate surface area is 147 Å². The van der Waals surface area contributed by atoms with Gasteiger partial charge in [-0.1, -0.05) is 19.1 Å². The Morgan fingerprint density at radius 2 is 1.88 bits per heavy atom. The molecular formula is C19H22N4S. The highest BCUT2D eigenvalue weighted by Gasteiger charge is 2.07. The second-order valence-electron chi connectivity index (χ2n) is 5.62. The fourth-order valence-electron chi connectivity index (χ4n) is 2.52. The van der Waals surface area contributed by atoms with E-state index in [-0.39, 0.29) is 0 Å². The minimum atomic E-state index is 0.290. The molecule has 2 heterocycles. The molecule has 3 rings (SSSR count). The number of H-pyrrole nitrogens is 1. The maximum Gasteiger partial charge on any atom is 0.0925 e. The topological polar surface area (TPSA) is 53.6 Å². The minimum Gasteiger partial charge on any atom is -0.305 e. The van der Waals surface area contributed by atoms with Crippen LogP contribution in [0.25, 0.3) is 11.3 Å². The zero-order valence-corrected chi connectivity index (χ0v) is 14.8. The van der Waals surface area contributed by atoms with Gasteiger partial charge in [0.05, 0.1) is 5.69 Å². The molecular weight excluding hydrogens is 316 g/mol. The Bertz CT molecular complexity index is 753. The molecule has 0 radical (unpaired) electrons. The Hall–Kier alpha value is -2.11. The fourth-order valence-corrected chi connectivity index (χ4v) is 3.18. The van der Waals surface area contributed by atoms with Gasteiger partial charge >= 0.3 is 0 Å². The molecule has 0 saturated carbocycles. The third kappa shape index (κ3) is 4.24. The van der Waals surface area contributed by atoms with E-state index in [9.17, 15) is 0 Å². The first-order valence-corrected chi connectivity index (χ1v) is 9.15. The summed E-state index contributed by atoms with van der Waals surface area (Å²) in [5.41, 5.74) is 4.39. The summed E-state index contributed by atoms with van der Waals surface area (Å²) < 4.78 is 0. The first kappa shape index (κ1) is 16.7. The Balaban J connectivity index is 1.58. The summed E-state index contributed by atoms with van der Waals surface area (Å²) in [7, 11) is 0. The summed E-state index contributed by atoms with van der Waals surface area (Å²) in [5.74, 6) is 1.10. The molecule has 2 aromatic heterocycles. The molecule has 0 aliphatic rings. The lowest BCUT2D eigenvalue weighted by Gasteiger charge is -2.14. The predicted octanol–water partition coefficient (Wildman–Crippen LogP) is 4.43. The largest absolute Gasteiger partial charge is 0.305 e. The lowest BCUT2D eigenvalue weighted by Crippen LogP contribution is -2.18. The number of aromatic nitrogens is 3. The van der Waals surface area contributed by atoms with Gasteiger partial charge in [-0.25, -0.2) is 0 Å². The van der Waals surface area contributed by atoms with E-state index in [1.807, 2.05) is 23.9 Å². The third-order valence-electron chi connectivity index (χ3n) is 3.90. The first-order chi connectivity index (χ1) is 11.8. The molecule has 1 unspecified atom stereocenters. The Kier molecular flexibility index (Phi) is 5.67. The number of pyridine rings is 1. The number of hydrogen-bond acceptors (Lipinski definition) is 4. The normalized spacial score (nSPS) is 12.2. The van der Waals surface area contributed by atoms with Crippen LogP contribution in [0, 0.1) is 0 Å². The lowest BCUT2D eigenvalue weighted by atomic mass is 10.1. The SMILES string of the molecule is CCSc1ccc(C(C)NCc2cc(-c3ccncc3)n[nH]2)cc1. The molecule has 3 aromatic rings. The predicted molar refractivity (Wildman–Crippen MR) is 99.9 cm³/mol. The van der Waals surface area contributed by atoms with Crippen LogP contribution in [0.4, 0.5) is 0 Å². The van der Waals surface area contributed by atoms with Crippen LogP contribution in [0.5, 0.6) is 0 Å². The van der Waals surface area contributed by atoms with Gasteiger partial charge in [-0.05, 0) is 48.6 Å². The maximum absolute atomic E-state index is 4.37. The standard InChI is InChI=1S/C19H22N4S/c1-3-24-18-6-4-15(5-7-18)14(2)21-13-17-12-19(23-22-17)16-8-10-20-11-9-16/h4-12,14,21H,3,13H2,1-2H3,(H,22,23). The minimum absolute atomic E-state index is 0.290. The van der Waals surface area contributed by atoms with Crippen LogP contribution in [-0.2, 0) is 6.54 Å². The van der Waals surface area contributed by atoms with E-state index in [4.69, 9.17) is 0 Å². The van der Waals surface area contributed by atoms with Crippen LogP contribution < -0.4 is 5.32 Å². The van der Waals surface area contributed by atoms with E-state index in [1.165, 1.54) is 10.5 Å². The van der Waals surface area contributed by atoms with Gasteiger partial charge in [0.15, 0.2) is 0 Å². The number of nitrogens with one attached hydrogen (secondary N) is 2. The molecule has 0 aliphatic heterocycles. The average Bonchev–Trinajstić information content (AvgIpc) is 3.10. The molecule has 0 amide bonds. The molecule has 4 nitrogen and oxygen atoms in total. The monoisotopic (exact) mass is 338 g/mol. The first-order valence-electron chi connectivity index (χ1n) is 8.17. The molecule has 0 aliphatic carbocycles. The van der Waals surface area contributed by atoms with Crippen molar-refractivity contribution in [2.75, 3.05) is 5.75 Å². The summed E-state index contributed by atoms with van der Waals surface area (Å²) in [6, 6.07) is 15.1. The number of nitrogens with zero attached hydrogens (tertiary/aromatic N) is 2. The summed E-state index contributed by atoms with van der Waals surface area (Å²) in [6.07, 6.45) is 3.56. The molecule has 124 valence electrons. The molecule has 0 saturated heterocycles. The van der Waals surface area contributed by atoms with E-state index in [0.717, 1.165) is 29.2 Å². The highest BCUT2D eigenvalue weighted by molar-refractivity contribution is 7.99. The van der Waals surface area contributed by atoms with E-state index in [1.54, 1.807) is 12.4 Å². The second kappa shape index (κ2) is 8.13. The average molecular weight is 338 g/mol. The van der Waals surface area contributed by atoms with Crippen molar-refractivity contribution in [2.24, 2.45) is 0 Å². The van der Waals surface area contributed by atoms with E-state index in [0.29, 0.717) is 6.04 Å². The lowest BCUT2D eigenvalue weighted by molar-refractivity contribution is 0.567. The smallest absolute Gasteiger partial charge is 0.0925 e. The third-order valence-corrected chi connectivity index (χ3v) is 4.79. The molecule has 2 N–H and O–H groups in total.